The van der Waals surface area contributed by atoms with E-state index in [0.717, 1.165) is 11.3 Å². The number of aryl methyl sites for hydroxylation is 2. The highest BCUT2D eigenvalue weighted by Gasteiger charge is 2.18. The molecule has 8 heteroatoms. The van der Waals surface area contributed by atoms with E-state index in [1.807, 2.05) is 13.8 Å². The number of carbonyl (C=O) groups excluding carboxylic acids is 2. The molecule has 0 aliphatic heterocycles. The Morgan fingerprint density at radius 2 is 1.93 bits per heavy atom. The molecule has 0 fully saturated rings. The highest BCUT2D eigenvalue weighted by Crippen LogP contribution is 2.12. The van der Waals surface area contributed by atoms with Crippen molar-refractivity contribution in [3.63, 3.8) is 0 Å². The number of rotatable bonds is 6. The molecule has 2 aromatic heterocycles. The van der Waals surface area contributed by atoms with Gasteiger partial charge >= 0.3 is 0 Å². The Balaban J connectivity index is 1.76. The van der Waals surface area contributed by atoms with Crippen LogP contribution in [-0.2, 0) is 11.3 Å². The van der Waals surface area contributed by atoms with Crippen molar-refractivity contribution in [2.75, 3.05) is 0 Å². The second-order valence-corrected chi connectivity index (χ2v) is 6.86. The molecule has 0 aliphatic carbocycles. The number of benzene rings is 1. The van der Waals surface area contributed by atoms with Crippen molar-refractivity contribution in [1.29, 1.82) is 0 Å². The lowest BCUT2D eigenvalue weighted by molar-refractivity contribution is -0.120. The van der Waals surface area contributed by atoms with Gasteiger partial charge in [-0.2, -0.15) is 5.10 Å². The van der Waals surface area contributed by atoms with Crippen LogP contribution in [0.25, 0.3) is 11.0 Å². The van der Waals surface area contributed by atoms with Crippen LogP contribution in [0.2, 0.25) is 5.02 Å². The number of fused-ring (bicyclic) bond motifs is 1. The minimum Gasteiger partial charge on any atom is -0.332 e. The molecule has 0 atom stereocenters. The van der Waals surface area contributed by atoms with Crippen LogP contribution >= 0.6 is 11.6 Å². The number of Topliss-reactive ketones (excluding diaryl/α,β-unsaturated/α-hetero) is 1. The van der Waals surface area contributed by atoms with Crippen LogP contribution in [0.5, 0.6) is 0 Å². The summed E-state index contributed by atoms with van der Waals surface area (Å²) in [5, 5.41) is 4.76. The maximum absolute atomic E-state index is 12.7. The van der Waals surface area contributed by atoms with Crippen molar-refractivity contribution in [3.8, 4) is 0 Å². The molecule has 0 saturated heterocycles. The summed E-state index contributed by atoms with van der Waals surface area (Å²) in [6, 6.07) is 10.2. The van der Waals surface area contributed by atoms with E-state index in [-0.39, 0.29) is 5.56 Å². The monoisotopic (exact) mass is 410 g/mol. The highest BCUT2D eigenvalue weighted by molar-refractivity contribution is 6.30. The van der Waals surface area contributed by atoms with E-state index in [1.54, 1.807) is 41.0 Å². The summed E-state index contributed by atoms with van der Waals surface area (Å²) in [6.45, 7) is 4.25. The van der Waals surface area contributed by atoms with Crippen LogP contribution in [-0.4, -0.2) is 27.5 Å². The summed E-state index contributed by atoms with van der Waals surface area (Å²) in [5.41, 5.74) is 3.86. The third-order valence-corrected chi connectivity index (χ3v) is 4.55. The lowest BCUT2D eigenvalue weighted by atomic mass is 10.1. The van der Waals surface area contributed by atoms with Gasteiger partial charge in [-0.15, -0.1) is 0 Å². The number of nitrogens with zero attached hydrogens (tertiary/aromatic N) is 3. The Hall–Kier alpha value is -3.32. The number of hydrazone groups is 1. The normalized spacial score (nSPS) is 11.1. The zero-order chi connectivity index (χ0) is 21.0. The second kappa shape index (κ2) is 8.79. The van der Waals surface area contributed by atoms with Gasteiger partial charge < -0.3 is 4.57 Å². The second-order valence-electron chi connectivity index (χ2n) is 6.43. The van der Waals surface area contributed by atoms with Gasteiger partial charge in [-0.1, -0.05) is 23.7 Å². The minimum absolute atomic E-state index is 0.0400. The van der Waals surface area contributed by atoms with E-state index < -0.39 is 23.5 Å². The van der Waals surface area contributed by atoms with Gasteiger partial charge in [0.05, 0.1) is 23.6 Å². The number of hydrogen-bond donors (Lipinski definition) is 1. The molecule has 148 valence electrons. The molecule has 1 amide bonds. The number of aromatic nitrogens is 2. The number of pyridine rings is 2. The van der Waals surface area contributed by atoms with Crippen LogP contribution in [0.1, 0.15) is 35.0 Å². The largest absolute Gasteiger partial charge is 0.332 e. The zero-order valence-corrected chi connectivity index (χ0v) is 16.7. The summed E-state index contributed by atoms with van der Waals surface area (Å²) in [7, 11) is 0. The predicted molar refractivity (Wildman–Crippen MR) is 113 cm³/mol. The van der Waals surface area contributed by atoms with E-state index >= 15 is 0 Å². The number of nitrogens with one attached hydrogen (secondary N) is 1. The maximum Gasteiger partial charge on any atom is 0.247 e. The number of carbonyl (C=O) groups is 2. The average molecular weight is 411 g/mol. The van der Waals surface area contributed by atoms with Gasteiger partial charge in [0, 0.05) is 23.5 Å². The summed E-state index contributed by atoms with van der Waals surface area (Å²) in [5.74, 6) is -1.18. The lowest BCUT2D eigenvalue weighted by Crippen LogP contribution is -2.25. The minimum atomic E-state index is -0.607. The summed E-state index contributed by atoms with van der Waals surface area (Å²) >= 11 is 5.81. The third-order valence-electron chi connectivity index (χ3n) is 4.30. The SMILES string of the molecule is CCn1cc(C(=O)CC(=O)N/N=C/c2ccc(Cl)cc2)c(=O)c2ccc(C)nc21. The van der Waals surface area contributed by atoms with Gasteiger partial charge in [0.15, 0.2) is 5.78 Å². The average Bonchev–Trinajstić information content (AvgIpc) is 2.69. The van der Waals surface area contributed by atoms with E-state index in [1.165, 1.54) is 12.4 Å². The molecule has 0 unspecified atom stereocenters. The molecule has 3 aromatic rings. The summed E-state index contributed by atoms with van der Waals surface area (Å²) < 4.78 is 1.73. The topological polar surface area (TPSA) is 93.4 Å². The standard InChI is InChI=1S/C21H19ClN4O3/c1-3-26-12-17(20(29)16-9-4-13(2)24-21(16)26)18(27)10-19(28)25-23-11-14-5-7-15(22)8-6-14/h4-9,11-12H,3,10H2,1-2H3,(H,25,28)/b23-11+. The van der Waals surface area contributed by atoms with Gasteiger partial charge in [-0.05, 0) is 43.7 Å². The molecule has 1 aromatic carbocycles. The first kappa shape index (κ1) is 20.4. The van der Waals surface area contributed by atoms with Crippen LogP contribution < -0.4 is 10.9 Å². The molecule has 7 nitrogen and oxygen atoms in total. The molecule has 0 bridgehead atoms. The molecule has 29 heavy (non-hydrogen) atoms. The van der Waals surface area contributed by atoms with Gasteiger partial charge in [0.1, 0.15) is 5.65 Å². The molecular weight excluding hydrogens is 392 g/mol. The Morgan fingerprint density at radius 3 is 2.62 bits per heavy atom. The number of amides is 1. The Morgan fingerprint density at radius 1 is 1.21 bits per heavy atom. The van der Waals surface area contributed by atoms with Crippen molar-refractivity contribution in [2.45, 2.75) is 26.8 Å². The van der Waals surface area contributed by atoms with Crippen LogP contribution in [0.3, 0.4) is 0 Å². The predicted octanol–water partition coefficient (Wildman–Crippen LogP) is 3.10. The fourth-order valence-electron chi connectivity index (χ4n) is 2.81. The van der Waals surface area contributed by atoms with Crippen molar-refractivity contribution in [1.82, 2.24) is 15.0 Å². The van der Waals surface area contributed by atoms with E-state index in [4.69, 9.17) is 11.6 Å². The smallest absolute Gasteiger partial charge is 0.247 e. The van der Waals surface area contributed by atoms with E-state index in [9.17, 15) is 14.4 Å². The first-order valence-corrected chi connectivity index (χ1v) is 9.38. The van der Waals surface area contributed by atoms with E-state index in [0.29, 0.717) is 22.6 Å². The van der Waals surface area contributed by atoms with Crippen LogP contribution in [0.15, 0.2) is 52.5 Å². The first-order valence-electron chi connectivity index (χ1n) is 9.00. The Kier molecular flexibility index (Phi) is 6.19. The molecule has 0 radical (unpaired) electrons. The molecule has 0 spiro atoms. The van der Waals surface area contributed by atoms with E-state index in [2.05, 4.69) is 15.5 Å². The molecule has 2 heterocycles. The molecule has 3 rings (SSSR count). The van der Waals surface area contributed by atoms with Crippen molar-refractivity contribution >= 4 is 40.5 Å². The lowest BCUT2D eigenvalue weighted by Gasteiger charge is -2.10. The van der Waals surface area contributed by atoms with Crippen LogP contribution in [0.4, 0.5) is 0 Å². The van der Waals surface area contributed by atoms with Crippen molar-refractivity contribution < 1.29 is 9.59 Å². The first-order chi connectivity index (χ1) is 13.9. The molecular formula is C21H19ClN4O3. The Bertz CT molecular complexity index is 1170. The fourth-order valence-corrected chi connectivity index (χ4v) is 2.93. The summed E-state index contributed by atoms with van der Waals surface area (Å²) in [6.07, 6.45) is 2.41. The van der Waals surface area contributed by atoms with Crippen molar-refractivity contribution in [3.05, 3.63) is 74.7 Å². The fraction of sp³-hybridized carbons (Fsp3) is 0.190. The van der Waals surface area contributed by atoms with Crippen molar-refractivity contribution in [2.24, 2.45) is 5.10 Å². The highest BCUT2D eigenvalue weighted by atomic mass is 35.5. The number of ketones is 1. The van der Waals surface area contributed by atoms with Crippen LogP contribution in [0, 0.1) is 6.92 Å². The molecule has 1 N–H and O–H groups in total. The van der Waals surface area contributed by atoms with Gasteiger partial charge in [-0.3, -0.25) is 14.4 Å². The quantitative estimate of drug-likeness (QED) is 0.292. The molecule has 0 saturated carbocycles. The van der Waals surface area contributed by atoms with Gasteiger partial charge in [-0.25, -0.2) is 10.4 Å². The Labute approximate surface area is 172 Å². The third kappa shape index (κ3) is 4.75. The maximum atomic E-state index is 12.7. The number of hydrogen-bond acceptors (Lipinski definition) is 5. The zero-order valence-electron chi connectivity index (χ0n) is 16.0. The van der Waals surface area contributed by atoms with Gasteiger partial charge in [0.2, 0.25) is 11.3 Å². The summed E-state index contributed by atoms with van der Waals surface area (Å²) in [4.78, 5) is 41.7. The number of halogens is 1. The molecule has 0 aliphatic rings. The van der Waals surface area contributed by atoms with Gasteiger partial charge in [0.25, 0.3) is 0 Å².